The van der Waals surface area contributed by atoms with E-state index in [1.807, 2.05) is 4.90 Å². The number of carbonyl (C=O) groups is 1. The molecule has 1 fully saturated rings. The van der Waals surface area contributed by atoms with Gasteiger partial charge in [0.05, 0.1) is 24.3 Å². The molecule has 0 amide bonds. The van der Waals surface area contributed by atoms with Crippen molar-refractivity contribution < 1.29 is 27.8 Å². The van der Waals surface area contributed by atoms with Crippen LogP contribution in [0.2, 0.25) is 0 Å². The van der Waals surface area contributed by atoms with Gasteiger partial charge >= 0.3 is 12.1 Å². The Kier molecular flexibility index (Phi) is 3.44. The zero-order valence-corrected chi connectivity index (χ0v) is 11.3. The van der Waals surface area contributed by atoms with Crippen LogP contribution in [-0.4, -0.2) is 47.3 Å². The van der Waals surface area contributed by atoms with Gasteiger partial charge in [-0.2, -0.15) is 13.2 Å². The van der Waals surface area contributed by atoms with Crippen molar-refractivity contribution >= 4 is 22.7 Å². The summed E-state index contributed by atoms with van der Waals surface area (Å²) >= 11 is 0. The number of benzene rings is 1. The standard InChI is InChI=1S/C13H12F3N3O3/c14-13(15,16)12-17-9-6-7(19-1-3-22-4-2-19)5-8(11(20)21)10(9)18-12/h5-6H,1-4H2,(H,17,18)(H,20,21). The third-order valence-electron chi connectivity index (χ3n) is 3.45. The van der Waals surface area contributed by atoms with E-state index in [2.05, 4.69) is 9.97 Å². The number of aromatic nitrogens is 2. The number of halogens is 3. The van der Waals surface area contributed by atoms with E-state index in [0.717, 1.165) is 0 Å². The fourth-order valence-corrected chi connectivity index (χ4v) is 2.40. The molecule has 6 nitrogen and oxygen atoms in total. The van der Waals surface area contributed by atoms with Crippen molar-refractivity contribution in [3.8, 4) is 0 Å². The molecule has 2 aromatic rings. The number of alkyl halides is 3. The van der Waals surface area contributed by atoms with E-state index in [0.29, 0.717) is 32.0 Å². The highest BCUT2D eigenvalue weighted by Gasteiger charge is 2.35. The summed E-state index contributed by atoms with van der Waals surface area (Å²) in [6.07, 6.45) is -4.66. The second kappa shape index (κ2) is 5.16. The maximum Gasteiger partial charge on any atom is 0.449 e. The van der Waals surface area contributed by atoms with Gasteiger partial charge in [-0.1, -0.05) is 0 Å². The normalized spacial score (nSPS) is 16.2. The number of anilines is 1. The molecule has 0 spiro atoms. The van der Waals surface area contributed by atoms with Gasteiger partial charge in [0.2, 0.25) is 5.82 Å². The summed E-state index contributed by atoms with van der Waals surface area (Å²) in [5, 5.41) is 9.24. The molecule has 1 aromatic heterocycles. The van der Waals surface area contributed by atoms with Crippen LogP contribution in [0.25, 0.3) is 11.0 Å². The number of aromatic carboxylic acids is 1. The summed E-state index contributed by atoms with van der Waals surface area (Å²) in [7, 11) is 0. The molecule has 3 rings (SSSR count). The Labute approximate surface area is 122 Å². The largest absolute Gasteiger partial charge is 0.478 e. The van der Waals surface area contributed by atoms with Crippen molar-refractivity contribution in [3.05, 3.63) is 23.5 Å². The Morgan fingerprint density at radius 1 is 1.32 bits per heavy atom. The minimum atomic E-state index is -4.66. The molecule has 0 bridgehead atoms. The van der Waals surface area contributed by atoms with Crippen molar-refractivity contribution in [3.63, 3.8) is 0 Å². The van der Waals surface area contributed by atoms with Gasteiger partial charge < -0.3 is 19.7 Å². The number of hydrogen-bond acceptors (Lipinski definition) is 4. The van der Waals surface area contributed by atoms with Crippen LogP contribution in [-0.2, 0) is 10.9 Å². The summed E-state index contributed by atoms with van der Waals surface area (Å²) in [6, 6.07) is 2.83. The van der Waals surface area contributed by atoms with Crippen LogP contribution < -0.4 is 4.90 Å². The van der Waals surface area contributed by atoms with Crippen molar-refractivity contribution in [2.75, 3.05) is 31.2 Å². The number of ether oxygens (including phenoxy) is 1. The number of nitrogens with zero attached hydrogens (tertiary/aromatic N) is 2. The lowest BCUT2D eigenvalue weighted by Gasteiger charge is -2.29. The Morgan fingerprint density at radius 3 is 2.59 bits per heavy atom. The highest BCUT2D eigenvalue weighted by Crippen LogP contribution is 2.32. The number of fused-ring (bicyclic) bond motifs is 1. The number of carboxylic acids is 1. The molecule has 1 aliphatic rings. The predicted octanol–water partition coefficient (Wildman–Crippen LogP) is 2.12. The number of morpholine rings is 1. The van der Waals surface area contributed by atoms with Crippen LogP contribution in [0.15, 0.2) is 12.1 Å². The van der Waals surface area contributed by atoms with Crippen LogP contribution >= 0.6 is 0 Å². The lowest BCUT2D eigenvalue weighted by Crippen LogP contribution is -2.36. The van der Waals surface area contributed by atoms with E-state index in [1.54, 1.807) is 0 Å². The number of aromatic amines is 1. The predicted molar refractivity (Wildman–Crippen MR) is 71.1 cm³/mol. The van der Waals surface area contributed by atoms with Crippen molar-refractivity contribution in [2.45, 2.75) is 6.18 Å². The molecular formula is C13H12F3N3O3. The molecule has 0 radical (unpaired) electrons. The van der Waals surface area contributed by atoms with Gasteiger partial charge in [-0.15, -0.1) is 0 Å². The first-order valence-electron chi connectivity index (χ1n) is 6.53. The molecule has 0 aliphatic carbocycles. The minimum absolute atomic E-state index is 0.0497. The van der Waals surface area contributed by atoms with Gasteiger partial charge in [-0.05, 0) is 12.1 Å². The average Bonchev–Trinajstić information content (AvgIpc) is 2.91. The van der Waals surface area contributed by atoms with E-state index < -0.39 is 18.0 Å². The van der Waals surface area contributed by atoms with E-state index in [9.17, 15) is 23.1 Å². The van der Waals surface area contributed by atoms with Crippen molar-refractivity contribution in [1.82, 2.24) is 9.97 Å². The van der Waals surface area contributed by atoms with Crippen LogP contribution in [0.1, 0.15) is 16.2 Å². The number of H-pyrrole nitrogens is 1. The first-order chi connectivity index (χ1) is 10.4. The summed E-state index contributed by atoms with van der Waals surface area (Å²) in [5.41, 5.74) is 0.127. The molecule has 22 heavy (non-hydrogen) atoms. The zero-order chi connectivity index (χ0) is 15.9. The Bertz CT molecular complexity index is 720. The smallest absolute Gasteiger partial charge is 0.449 e. The van der Waals surface area contributed by atoms with Crippen molar-refractivity contribution in [2.24, 2.45) is 0 Å². The molecule has 2 N–H and O–H groups in total. The van der Waals surface area contributed by atoms with Gasteiger partial charge in [0.1, 0.15) is 5.52 Å². The molecule has 1 aliphatic heterocycles. The number of imidazole rings is 1. The lowest BCUT2D eigenvalue weighted by atomic mass is 10.1. The Morgan fingerprint density at radius 2 is 2.00 bits per heavy atom. The maximum absolute atomic E-state index is 12.7. The zero-order valence-electron chi connectivity index (χ0n) is 11.3. The minimum Gasteiger partial charge on any atom is -0.478 e. The number of carboxylic acid groups (broad SMARTS) is 1. The Balaban J connectivity index is 2.14. The molecule has 0 atom stereocenters. The van der Waals surface area contributed by atoms with Crippen LogP contribution in [0.5, 0.6) is 0 Å². The van der Waals surface area contributed by atoms with Gasteiger partial charge in [0, 0.05) is 18.8 Å². The second-order valence-electron chi connectivity index (χ2n) is 4.88. The molecule has 1 aromatic carbocycles. The Hall–Kier alpha value is -2.29. The first-order valence-corrected chi connectivity index (χ1v) is 6.53. The summed E-state index contributed by atoms with van der Waals surface area (Å²) in [4.78, 5) is 18.7. The monoisotopic (exact) mass is 315 g/mol. The molecule has 9 heteroatoms. The van der Waals surface area contributed by atoms with Gasteiger partial charge in [0.25, 0.3) is 0 Å². The molecule has 0 saturated carbocycles. The summed E-state index contributed by atoms with van der Waals surface area (Å²) in [6.45, 7) is 2.06. The van der Waals surface area contributed by atoms with Crippen LogP contribution in [0.4, 0.5) is 18.9 Å². The van der Waals surface area contributed by atoms with E-state index in [4.69, 9.17) is 4.74 Å². The highest BCUT2D eigenvalue weighted by molar-refractivity contribution is 6.02. The van der Waals surface area contributed by atoms with Crippen LogP contribution in [0, 0.1) is 0 Å². The molecular weight excluding hydrogens is 303 g/mol. The quantitative estimate of drug-likeness (QED) is 0.887. The lowest BCUT2D eigenvalue weighted by molar-refractivity contribution is -0.144. The fourth-order valence-electron chi connectivity index (χ4n) is 2.40. The van der Waals surface area contributed by atoms with Gasteiger partial charge in [-0.25, -0.2) is 9.78 Å². The molecule has 118 valence electrons. The van der Waals surface area contributed by atoms with E-state index in [-0.39, 0.29) is 16.6 Å². The molecule has 0 unspecified atom stereocenters. The fraction of sp³-hybridized carbons (Fsp3) is 0.385. The third-order valence-corrected chi connectivity index (χ3v) is 3.45. The molecule has 1 saturated heterocycles. The van der Waals surface area contributed by atoms with Gasteiger partial charge in [-0.3, -0.25) is 0 Å². The number of nitrogens with one attached hydrogen (secondary N) is 1. The first kappa shape index (κ1) is 14.6. The number of hydrogen-bond donors (Lipinski definition) is 2. The highest BCUT2D eigenvalue weighted by atomic mass is 19.4. The maximum atomic E-state index is 12.7. The summed E-state index contributed by atoms with van der Waals surface area (Å²) in [5.74, 6) is -2.52. The van der Waals surface area contributed by atoms with E-state index >= 15 is 0 Å². The average molecular weight is 315 g/mol. The number of rotatable bonds is 2. The van der Waals surface area contributed by atoms with Crippen molar-refractivity contribution in [1.29, 1.82) is 0 Å². The third kappa shape index (κ3) is 2.59. The summed E-state index contributed by atoms with van der Waals surface area (Å²) < 4.78 is 43.4. The topological polar surface area (TPSA) is 78.5 Å². The molecule has 2 heterocycles. The SMILES string of the molecule is O=C(O)c1cc(N2CCOCC2)cc2[nH]c(C(F)(F)F)nc12. The van der Waals surface area contributed by atoms with Crippen LogP contribution in [0.3, 0.4) is 0 Å². The van der Waals surface area contributed by atoms with E-state index in [1.165, 1.54) is 12.1 Å². The second-order valence-corrected chi connectivity index (χ2v) is 4.88. The van der Waals surface area contributed by atoms with Gasteiger partial charge in [0.15, 0.2) is 0 Å².